The molecule has 0 radical (unpaired) electrons. The van der Waals surface area contributed by atoms with Crippen molar-refractivity contribution in [3.63, 3.8) is 0 Å². The number of halogens is 1. The van der Waals surface area contributed by atoms with Crippen molar-refractivity contribution in [3.05, 3.63) is 35.4 Å². The van der Waals surface area contributed by atoms with Crippen molar-refractivity contribution >= 4 is 23.2 Å². The molecule has 0 amide bonds. The first kappa shape index (κ1) is 12.8. The highest BCUT2D eigenvalue weighted by Crippen LogP contribution is 2.40. The Balaban J connectivity index is 2.15. The molecule has 1 aromatic rings. The molecule has 1 fully saturated rings. The molecule has 0 N–H and O–H groups in total. The van der Waals surface area contributed by atoms with Crippen molar-refractivity contribution in [1.29, 1.82) is 5.26 Å². The van der Waals surface area contributed by atoms with Crippen LogP contribution in [0.4, 0.5) is 0 Å². The Bertz CT molecular complexity index is 547. The number of hydrogen-bond acceptors (Lipinski definition) is 3. The SMILES string of the molecule is CC1CC1C(=O)C(=O)C(Cl)c1cccc(C#N)c1. The maximum Gasteiger partial charge on any atom is 0.220 e. The van der Waals surface area contributed by atoms with Gasteiger partial charge < -0.3 is 0 Å². The predicted octanol–water partition coefficient (Wildman–Crippen LogP) is 2.63. The summed E-state index contributed by atoms with van der Waals surface area (Å²) < 4.78 is 0. The zero-order valence-electron chi connectivity index (χ0n) is 9.89. The number of carbonyl (C=O) groups excluding carboxylic acids is 2. The van der Waals surface area contributed by atoms with E-state index in [1.54, 1.807) is 24.3 Å². The van der Waals surface area contributed by atoms with Crippen molar-refractivity contribution in [3.8, 4) is 6.07 Å². The van der Waals surface area contributed by atoms with E-state index in [0.29, 0.717) is 11.1 Å². The Hall–Kier alpha value is -1.66. The minimum absolute atomic E-state index is 0.155. The summed E-state index contributed by atoms with van der Waals surface area (Å²) in [6.07, 6.45) is 0.770. The topological polar surface area (TPSA) is 57.9 Å². The van der Waals surface area contributed by atoms with Crippen molar-refractivity contribution in [1.82, 2.24) is 0 Å². The number of nitrogens with zero attached hydrogens (tertiary/aromatic N) is 1. The standard InChI is InChI=1S/C14H12ClNO2/c1-8-5-11(8)13(17)14(18)12(15)10-4-2-3-9(6-10)7-16/h2-4,6,8,11-12H,5H2,1H3. The van der Waals surface area contributed by atoms with Crippen molar-refractivity contribution in [2.24, 2.45) is 11.8 Å². The first-order chi connectivity index (χ1) is 8.54. The van der Waals surface area contributed by atoms with E-state index in [0.717, 1.165) is 6.42 Å². The fraction of sp³-hybridized carbons (Fsp3) is 0.357. The zero-order valence-corrected chi connectivity index (χ0v) is 10.6. The normalized spacial score (nSPS) is 22.9. The summed E-state index contributed by atoms with van der Waals surface area (Å²) in [6.45, 7) is 1.94. The van der Waals surface area contributed by atoms with E-state index in [1.165, 1.54) is 0 Å². The Morgan fingerprint density at radius 1 is 1.50 bits per heavy atom. The number of hydrogen-bond donors (Lipinski definition) is 0. The number of alkyl halides is 1. The van der Waals surface area contributed by atoms with Gasteiger partial charge in [0.25, 0.3) is 0 Å². The Morgan fingerprint density at radius 2 is 2.17 bits per heavy atom. The minimum atomic E-state index is -0.987. The van der Waals surface area contributed by atoms with Crippen LogP contribution in [0, 0.1) is 23.2 Å². The van der Waals surface area contributed by atoms with E-state index < -0.39 is 11.2 Å². The molecule has 1 aliphatic rings. The minimum Gasteiger partial charge on any atom is -0.290 e. The molecule has 0 spiro atoms. The lowest BCUT2D eigenvalue weighted by atomic mass is 10.0. The third-order valence-electron chi connectivity index (χ3n) is 3.23. The third-order valence-corrected chi connectivity index (χ3v) is 3.68. The second-order valence-corrected chi connectivity index (χ2v) is 5.08. The summed E-state index contributed by atoms with van der Waals surface area (Å²) in [4.78, 5) is 23.7. The second-order valence-electron chi connectivity index (χ2n) is 4.65. The molecule has 1 aliphatic carbocycles. The fourth-order valence-corrected chi connectivity index (χ4v) is 2.16. The molecule has 1 aromatic carbocycles. The summed E-state index contributed by atoms with van der Waals surface area (Å²) in [6, 6.07) is 8.45. The Kier molecular flexibility index (Phi) is 3.49. The molecule has 92 valence electrons. The van der Waals surface area contributed by atoms with Crippen molar-refractivity contribution in [2.75, 3.05) is 0 Å². The van der Waals surface area contributed by atoms with Gasteiger partial charge in [-0.15, -0.1) is 11.6 Å². The van der Waals surface area contributed by atoms with E-state index in [9.17, 15) is 9.59 Å². The van der Waals surface area contributed by atoms with Crippen LogP contribution in [0.3, 0.4) is 0 Å². The maximum atomic E-state index is 11.9. The quantitative estimate of drug-likeness (QED) is 0.618. The van der Waals surface area contributed by atoms with Crippen LogP contribution in [0.5, 0.6) is 0 Å². The van der Waals surface area contributed by atoms with Gasteiger partial charge in [0, 0.05) is 5.92 Å². The highest BCUT2D eigenvalue weighted by molar-refractivity contribution is 6.50. The number of Topliss-reactive ketones (excluding diaryl/α,β-unsaturated/α-hetero) is 2. The second kappa shape index (κ2) is 4.91. The molecule has 3 atom stereocenters. The summed E-state index contributed by atoms with van der Waals surface area (Å²) in [5, 5.41) is 7.79. The van der Waals surface area contributed by atoms with Crippen LogP contribution in [-0.2, 0) is 9.59 Å². The summed E-state index contributed by atoms with van der Waals surface area (Å²) in [5.41, 5.74) is 0.931. The van der Waals surface area contributed by atoms with Gasteiger partial charge in [0.05, 0.1) is 11.6 Å². The van der Waals surface area contributed by atoms with E-state index in [2.05, 4.69) is 0 Å². The average molecular weight is 262 g/mol. The molecule has 3 unspecified atom stereocenters. The monoisotopic (exact) mass is 261 g/mol. The molecule has 0 bridgehead atoms. The molecule has 0 aliphatic heterocycles. The zero-order chi connectivity index (χ0) is 13.3. The van der Waals surface area contributed by atoms with Gasteiger partial charge in [-0.1, -0.05) is 19.1 Å². The van der Waals surface area contributed by atoms with E-state index in [4.69, 9.17) is 16.9 Å². The first-order valence-electron chi connectivity index (χ1n) is 5.76. The van der Waals surface area contributed by atoms with Crippen LogP contribution in [0.2, 0.25) is 0 Å². The predicted molar refractivity (Wildman–Crippen MR) is 67.0 cm³/mol. The number of rotatable bonds is 4. The molecule has 3 nitrogen and oxygen atoms in total. The lowest BCUT2D eigenvalue weighted by Crippen LogP contribution is -2.21. The van der Waals surface area contributed by atoms with Gasteiger partial charge in [-0.3, -0.25) is 9.59 Å². The molecule has 4 heteroatoms. The molecule has 2 rings (SSSR count). The molecule has 0 aromatic heterocycles. The fourth-order valence-electron chi connectivity index (χ4n) is 1.91. The van der Waals surface area contributed by atoms with Crippen LogP contribution in [0.25, 0.3) is 0 Å². The van der Waals surface area contributed by atoms with Crippen molar-refractivity contribution in [2.45, 2.75) is 18.7 Å². The Morgan fingerprint density at radius 3 is 2.72 bits per heavy atom. The van der Waals surface area contributed by atoms with Crippen LogP contribution < -0.4 is 0 Å². The van der Waals surface area contributed by atoms with Gasteiger partial charge in [0.15, 0.2) is 0 Å². The van der Waals surface area contributed by atoms with Gasteiger partial charge >= 0.3 is 0 Å². The van der Waals surface area contributed by atoms with Gasteiger partial charge in [0.1, 0.15) is 5.38 Å². The molecule has 0 saturated heterocycles. The molecule has 18 heavy (non-hydrogen) atoms. The van der Waals surface area contributed by atoms with E-state index >= 15 is 0 Å². The van der Waals surface area contributed by atoms with E-state index in [-0.39, 0.29) is 17.6 Å². The van der Waals surface area contributed by atoms with Crippen LogP contribution in [0.15, 0.2) is 24.3 Å². The van der Waals surface area contributed by atoms with E-state index in [1.807, 2.05) is 13.0 Å². The van der Waals surface area contributed by atoms with Crippen LogP contribution in [0.1, 0.15) is 29.8 Å². The van der Waals surface area contributed by atoms with Crippen LogP contribution in [-0.4, -0.2) is 11.6 Å². The van der Waals surface area contributed by atoms with Gasteiger partial charge in [-0.05, 0) is 30.0 Å². The summed E-state index contributed by atoms with van der Waals surface area (Å²) >= 11 is 6.02. The van der Waals surface area contributed by atoms with Gasteiger partial charge in [0.2, 0.25) is 11.6 Å². The largest absolute Gasteiger partial charge is 0.290 e. The summed E-state index contributed by atoms with van der Waals surface area (Å²) in [5.74, 6) is -0.820. The lowest BCUT2D eigenvalue weighted by molar-refractivity contribution is -0.137. The van der Waals surface area contributed by atoms with Crippen LogP contribution >= 0.6 is 11.6 Å². The molecular weight excluding hydrogens is 250 g/mol. The lowest BCUT2D eigenvalue weighted by Gasteiger charge is -2.08. The molecule has 0 heterocycles. The number of benzene rings is 1. The van der Waals surface area contributed by atoms with Gasteiger partial charge in [-0.2, -0.15) is 5.26 Å². The number of carbonyl (C=O) groups is 2. The highest BCUT2D eigenvalue weighted by Gasteiger charge is 2.43. The maximum absolute atomic E-state index is 11.9. The molecule has 1 saturated carbocycles. The molecular formula is C14H12ClNO2. The number of nitriles is 1. The highest BCUT2D eigenvalue weighted by atomic mass is 35.5. The van der Waals surface area contributed by atoms with Gasteiger partial charge in [-0.25, -0.2) is 0 Å². The average Bonchev–Trinajstić information content (AvgIpc) is 3.13. The summed E-state index contributed by atoms with van der Waals surface area (Å²) in [7, 11) is 0. The third kappa shape index (κ3) is 2.44. The first-order valence-corrected chi connectivity index (χ1v) is 6.20. The smallest absolute Gasteiger partial charge is 0.220 e. The van der Waals surface area contributed by atoms with Crippen molar-refractivity contribution < 1.29 is 9.59 Å². The number of ketones is 2. The Labute approximate surface area is 110 Å².